The second-order valence-electron chi connectivity index (χ2n) is 3.29. The first-order chi connectivity index (χ1) is 7.29. The third-order valence-electron chi connectivity index (χ3n) is 2.16. The van der Waals surface area contributed by atoms with Gasteiger partial charge in [0.2, 0.25) is 0 Å². The van der Waals surface area contributed by atoms with Gasteiger partial charge in [-0.25, -0.2) is 0 Å². The van der Waals surface area contributed by atoms with E-state index in [-0.39, 0.29) is 0 Å². The molecule has 0 aliphatic rings. The summed E-state index contributed by atoms with van der Waals surface area (Å²) in [5.41, 5.74) is 5.37. The maximum absolute atomic E-state index is 5.89. The molecule has 0 aliphatic heterocycles. The van der Waals surface area contributed by atoms with Crippen LogP contribution in [0.15, 0.2) is 36.4 Å². The van der Waals surface area contributed by atoms with Crippen LogP contribution in [0.2, 0.25) is 5.02 Å². The van der Waals surface area contributed by atoms with Crippen molar-refractivity contribution in [3.8, 4) is 5.75 Å². The molecule has 0 bridgehead atoms. The average molecular weight is 222 g/mol. The molecular formula is C12H12ClNO. The van der Waals surface area contributed by atoms with Crippen molar-refractivity contribution in [1.29, 1.82) is 0 Å². The molecule has 2 nitrogen and oxygen atoms in total. The molecule has 0 fully saturated rings. The molecule has 0 radical (unpaired) electrons. The molecule has 0 aromatic heterocycles. The average Bonchev–Trinajstić information content (AvgIpc) is 2.26. The number of nitrogens with two attached hydrogens (primary N) is 1. The molecule has 2 aromatic rings. The number of halogens is 1. The molecule has 0 heterocycles. The first-order valence-corrected chi connectivity index (χ1v) is 5.19. The SMILES string of the molecule is NCCOc1ccc2cc(Cl)ccc2c1. The Hall–Kier alpha value is -1.25. The lowest BCUT2D eigenvalue weighted by molar-refractivity contribution is 0.329. The summed E-state index contributed by atoms with van der Waals surface area (Å²) in [5.74, 6) is 0.843. The van der Waals surface area contributed by atoms with Crippen LogP contribution in [0.5, 0.6) is 5.75 Å². The highest BCUT2D eigenvalue weighted by atomic mass is 35.5. The topological polar surface area (TPSA) is 35.2 Å². The number of ether oxygens (including phenoxy) is 1. The Labute approximate surface area is 93.6 Å². The lowest BCUT2D eigenvalue weighted by Crippen LogP contribution is -2.10. The minimum Gasteiger partial charge on any atom is -0.492 e. The van der Waals surface area contributed by atoms with Crippen LogP contribution in [0, 0.1) is 0 Å². The van der Waals surface area contributed by atoms with Gasteiger partial charge >= 0.3 is 0 Å². The van der Waals surface area contributed by atoms with Crippen molar-refractivity contribution in [2.75, 3.05) is 13.2 Å². The minimum atomic E-state index is 0.526. The van der Waals surface area contributed by atoms with Crippen molar-refractivity contribution in [2.24, 2.45) is 5.73 Å². The van der Waals surface area contributed by atoms with Gasteiger partial charge in [0.1, 0.15) is 12.4 Å². The zero-order chi connectivity index (χ0) is 10.7. The van der Waals surface area contributed by atoms with Crippen LogP contribution in [-0.2, 0) is 0 Å². The van der Waals surface area contributed by atoms with E-state index in [0.717, 1.165) is 21.5 Å². The highest BCUT2D eigenvalue weighted by Gasteiger charge is 1.97. The highest BCUT2D eigenvalue weighted by Crippen LogP contribution is 2.23. The summed E-state index contributed by atoms with van der Waals surface area (Å²) in [6.45, 7) is 1.07. The number of fused-ring (bicyclic) bond motifs is 1. The normalized spacial score (nSPS) is 10.5. The quantitative estimate of drug-likeness (QED) is 0.865. The second-order valence-corrected chi connectivity index (χ2v) is 3.73. The molecule has 2 aromatic carbocycles. The first kappa shape index (κ1) is 10.3. The van der Waals surface area contributed by atoms with Gasteiger partial charge in [-0.15, -0.1) is 0 Å². The molecular weight excluding hydrogens is 210 g/mol. The van der Waals surface area contributed by atoms with E-state index in [1.807, 2.05) is 36.4 Å². The van der Waals surface area contributed by atoms with Gasteiger partial charge in [0.25, 0.3) is 0 Å². The third kappa shape index (κ3) is 2.41. The molecule has 15 heavy (non-hydrogen) atoms. The molecule has 0 spiro atoms. The number of hydrogen-bond acceptors (Lipinski definition) is 2. The van der Waals surface area contributed by atoms with Crippen LogP contribution in [0.3, 0.4) is 0 Å². The van der Waals surface area contributed by atoms with E-state index in [1.165, 1.54) is 0 Å². The summed E-state index contributed by atoms with van der Waals surface area (Å²) in [6.07, 6.45) is 0. The summed E-state index contributed by atoms with van der Waals surface area (Å²) in [7, 11) is 0. The Morgan fingerprint density at radius 2 is 1.80 bits per heavy atom. The van der Waals surface area contributed by atoms with Crippen molar-refractivity contribution < 1.29 is 4.74 Å². The van der Waals surface area contributed by atoms with Gasteiger partial charge in [-0.05, 0) is 35.0 Å². The van der Waals surface area contributed by atoms with Crippen LogP contribution >= 0.6 is 11.6 Å². The summed E-state index contributed by atoms with van der Waals surface area (Å²) in [6, 6.07) is 11.7. The highest BCUT2D eigenvalue weighted by molar-refractivity contribution is 6.31. The van der Waals surface area contributed by atoms with Gasteiger partial charge in [0.05, 0.1) is 0 Å². The van der Waals surface area contributed by atoms with Crippen molar-refractivity contribution >= 4 is 22.4 Å². The predicted octanol–water partition coefficient (Wildman–Crippen LogP) is 2.83. The third-order valence-corrected chi connectivity index (χ3v) is 2.40. The number of rotatable bonds is 3. The molecule has 2 rings (SSSR count). The molecule has 0 aliphatic carbocycles. The van der Waals surface area contributed by atoms with Crippen LogP contribution in [0.25, 0.3) is 10.8 Å². The molecule has 78 valence electrons. The Balaban J connectivity index is 2.34. The van der Waals surface area contributed by atoms with Crippen LogP contribution < -0.4 is 10.5 Å². The van der Waals surface area contributed by atoms with Gasteiger partial charge in [0.15, 0.2) is 0 Å². The van der Waals surface area contributed by atoms with E-state index in [0.29, 0.717) is 13.2 Å². The van der Waals surface area contributed by atoms with Gasteiger partial charge in [-0.3, -0.25) is 0 Å². The Kier molecular flexibility index (Phi) is 3.09. The van der Waals surface area contributed by atoms with E-state index < -0.39 is 0 Å². The Bertz CT molecular complexity index is 470. The molecule has 3 heteroatoms. The molecule has 0 atom stereocenters. The maximum atomic E-state index is 5.89. The monoisotopic (exact) mass is 221 g/mol. The van der Waals surface area contributed by atoms with Crippen molar-refractivity contribution in [3.63, 3.8) is 0 Å². The van der Waals surface area contributed by atoms with Crippen LogP contribution in [-0.4, -0.2) is 13.2 Å². The molecule has 2 N–H and O–H groups in total. The Morgan fingerprint density at radius 1 is 1.07 bits per heavy atom. The van der Waals surface area contributed by atoms with Crippen LogP contribution in [0.4, 0.5) is 0 Å². The number of hydrogen-bond donors (Lipinski definition) is 1. The van der Waals surface area contributed by atoms with E-state index in [9.17, 15) is 0 Å². The lowest BCUT2D eigenvalue weighted by Gasteiger charge is -2.05. The van der Waals surface area contributed by atoms with Gasteiger partial charge < -0.3 is 10.5 Å². The fourth-order valence-corrected chi connectivity index (χ4v) is 1.64. The standard InChI is InChI=1S/C12H12ClNO/c13-11-3-1-10-8-12(15-6-5-14)4-2-9(10)7-11/h1-4,7-8H,5-6,14H2. The minimum absolute atomic E-state index is 0.526. The summed E-state index contributed by atoms with van der Waals surface area (Å²) in [5, 5.41) is 2.98. The summed E-state index contributed by atoms with van der Waals surface area (Å²) < 4.78 is 5.44. The Morgan fingerprint density at radius 3 is 2.60 bits per heavy atom. The molecule has 0 saturated heterocycles. The van der Waals surface area contributed by atoms with Crippen molar-refractivity contribution in [2.45, 2.75) is 0 Å². The van der Waals surface area contributed by atoms with E-state index in [4.69, 9.17) is 22.1 Å². The summed E-state index contributed by atoms with van der Waals surface area (Å²) >= 11 is 5.89. The van der Waals surface area contributed by atoms with Gasteiger partial charge in [-0.2, -0.15) is 0 Å². The molecule has 0 saturated carbocycles. The zero-order valence-electron chi connectivity index (χ0n) is 8.24. The lowest BCUT2D eigenvalue weighted by atomic mass is 10.1. The van der Waals surface area contributed by atoms with Crippen molar-refractivity contribution in [1.82, 2.24) is 0 Å². The summed E-state index contributed by atoms with van der Waals surface area (Å²) in [4.78, 5) is 0. The number of benzene rings is 2. The van der Waals surface area contributed by atoms with Crippen LogP contribution in [0.1, 0.15) is 0 Å². The van der Waals surface area contributed by atoms with Gasteiger partial charge in [-0.1, -0.05) is 23.7 Å². The van der Waals surface area contributed by atoms with E-state index in [1.54, 1.807) is 0 Å². The maximum Gasteiger partial charge on any atom is 0.120 e. The fourth-order valence-electron chi connectivity index (χ4n) is 1.46. The zero-order valence-corrected chi connectivity index (χ0v) is 9.00. The first-order valence-electron chi connectivity index (χ1n) is 4.82. The smallest absolute Gasteiger partial charge is 0.120 e. The second kappa shape index (κ2) is 4.51. The molecule has 0 amide bonds. The van der Waals surface area contributed by atoms with Gasteiger partial charge in [0, 0.05) is 11.6 Å². The molecule has 0 unspecified atom stereocenters. The van der Waals surface area contributed by atoms with E-state index in [2.05, 4.69) is 0 Å². The largest absolute Gasteiger partial charge is 0.492 e. The van der Waals surface area contributed by atoms with E-state index >= 15 is 0 Å². The fraction of sp³-hybridized carbons (Fsp3) is 0.167. The van der Waals surface area contributed by atoms with Crippen molar-refractivity contribution in [3.05, 3.63) is 41.4 Å². The predicted molar refractivity (Wildman–Crippen MR) is 63.5 cm³/mol.